The molecule has 6 nitrogen and oxygen atoms in total. The molecule has 0 spiro atoms. The minimum Gasteiger partial charge on any atom is -0.330 e. The van der Waals surface area contributed by atoms with Crippen molar-refractivity contribution in [2.24, 2.45) is 5.73 Å². The SMILES string of the molecule is C=CCN(C)S(=O)(=O)c1c(C)nn(CCCN)c1C. The zero-order chi connectivity index (χ0) is 14.6. The fourth-order valence-corrected chi connectivity index (χ4v) is 3.45. The van der Waals surface area contributed by atoms with Gasteiger partial charge in [-0.2, -0.15) is 9.40 Å². The molecule has 0 aromatic carbocycles. The normalized spacial score (nSPS) is 12.1. The van der Waals surface area contributed by atoms with Gasteiger partial charge in [-0.05, 0) is 26.8 Å². The van der Waals surface area contributed by atoms with E-state index < -0.39 is 10.0 Å². The molecule has 2 N–H and O–H groups in total. The summed E-state index contributed by atoms with van der Waals surface area (Å²) in [4.78, 5) is 0.286. The summed E-state index contributed by atoms with van der Waals surface area (Å²) in [6.07, 6.45) is 2.32. The first-order valence-electron chi connectivity index (χ1n) is 6.17. The second-order valence-corrected chi connectivity index (χ2v) is 6.42. The van der Waals surface area contributed by atoms with Crippen LogP contribution in [0.4, 0.5) is 0 Å². The lowest BCUT2D eigenvalue weighted by Gasteiger charge is -2.15. The summed E-state index contributed by atoms with van der Waals surface area (Å²) in [6.45, 7) is 8.49. The molecule has 0 aliphatic rings. The van der Waals surface area contributed by atoms with E-state index in [9.17, 15) is 8.42 Å². The monoisotopic (exact) mass is 286 g/mol. The topological polar surface area (TPSA) is 81.2 Å². The van der Waals surface area contributed by atoms with Crippen molar-refractivity contribution in [2.45, 2.75) is 31.7 Å². The molecular formula is C12H22N4O2S. The van der Waals surface area contributed by atoms with Crippen LogP contribution >= 0.6 is 0 Å². The van der Waals surface area contributed by atoms with E-state index in [1.54, 1.807) is 24.6 Å². The summed E-state index contributed by atoms with van der Waals surface area (Å²) in [5.41, 5.74) is 6.64. The van der Waals surface area contributed by atoms with Gasteiger partial charge >= 0.3 is 0 Å². The zero-order valence-corrected chi connectivity index (χ0v) is 12.6. The molecule has 0 radical (unpaired) electrons. The van der Waals surface area contributed by atoms with Crippen molar-refractivity contribution in [1.82, 2.24) is 14.1 Å². The van der Waals surface area contributed by atoms with Gasteiger partial charge in [0.25, 0.3) is 0 Å². The van der Waals surface area contributed by atoms with Crippen molar-refractivity contribution in [3.8, 4) is 0 Å². The highest BCUT2D eigenvalue weighted by molar-refractivity contribution is 7.89. The highest BCUT2D eigenvalue weighted by Gasteiger charge is 2.27. The molecule has 1 aromatic rings. The van der Waals surface area contributed by atoms with Gasteiger partial charge in [-0.3, -0.25) is 4.68 Å². The summed E-state index contributed by atoms with van der Waals surface area (Å²) >= 11 is 0. The van der Waals surface area contributed by atoms with Gasteiger partial charge in [0.1, 0.15) is 4.90 Å². The first kappa shape index (κ1) is 15.9. The Bertz CT molecular complexity index is 548. The fourth-order valence-electron chi connectivity index (χ4n) is 1.95. The highest BCUT2D eigenvalue weighted by Crippen LogP contribution is 2.22. The van der Waals surface area contributed by atoms with E-state index in [-0.39, 0.29) is 11.4 Å². The molecule has 0 atom stereocenters. The first-order chi connectivity index (χ1) is 8.86. The summed E-state index contributed by atoms with van der Waals surface area (Å²) < 4.78 is 27.9. The van der Waals surface area contributed by atoms with Gasteiger partial charge in [0.05, 0.1) is 11.4 Å². The minimum absolute atomic E-state index is 0.273. The lowest BCUT2D eigenvalue weighted by Crippen LogP contribution is -2.28. The molecule has 19 heavy (non-hydrogen) atoms. The number of aryl methyl sites for hydroxylation is 2. The Balaban J connectivity index is 3.20. The smallest absolute Gasteiger partial charge is 0.246 e. The molecule has 1 aromatic heterocycles. The van der Waals surface area contributed by atoms with E-state index in [0.29, 0.717) is 24.5 Å². The molecule has 0 fully saturated rings. The van der Waals surface area contributed by atoms with Crippen molar-refractivity contribution in [3.05, 3.63) is 24.0 Å². The predicted octanol–water partition coefficient (Wildman–Crippen LogP) is 0.655. The van der Waals surface area contributed by atoms with E-state index >= 15 is 0 Å². The lowest BCUT2D eigenvalue weighted by molar-refractivity contribution is 0.497. The molecule has 0 aliphatic heterocycles. The van der Waals surface area contributed by atoms with Gasteiger partial charge in [0.15, 0.2) is 0 Å². The van der Waals surface area contributed by atoms with Crippen LogP contribution in [0, 0.1) is 13.8 Å². The van der Waals surface area contributed by atoms with Crippen molar-refractivity contribution >= 4 is 10.0 Å². The number of hydrogen-bond donors (Lipinski definition) is 1. The molecule has 0 amide bonds. The van der Waals surface area contributed by atoms with Gasteiger partial charge in [-0.15, -0.1) is 6.58 Å². The Hall–Kier alpha value is -1.18. The van der Waals surface area contributed by atoms with Crippen LogP contribution in [0.5, 0.6) is 0 Å². The van der Waals surface area contributed by atoms with Crippen molar-refractivity contribution < 1.29 is 8.42 Å². The van der Waals surface area contributed by atoms with Crippen LogP contribution in [0.25, 0.3) is 0 Å². The Labute approximate surface area is 114 Å². The highest BCUT2D eigenvalue weighted by atomic mass is 32.2. The number of rotatable bonds is 7. The number of sulfonamides is 1. The van der Waals surface area contributed by atoms with Crippen LogP contribution < -0.4 is 5.73 Å². The lowest BCUT2D eigenvalue weighted by atomic mass is 10.4. The third-order valence-corrected chi connectivity index (χ3v) is 5.02. The Morgan fingerprint density at radius 1 is 1.47 bits per heavy atom. The summed E-state index contributed by atoms with van der Waals surface area (Å²) in [7, 11) is -1.98. The van der Waals surface area contributed by atoms with E-state index in [1.165, 1.54) is 11.4 Å². The molecule has 1 heterocycles. The maximum atomic E-state index is 12.5. The molecular weight excluding hydrogens is 264 g/mol. The Morgan fingerprint density at radius 3 is 2.63 bits per heavy atom. The van der Waals surface area contributed by atoms with Gasteiger partial charge in [0.2, 0.25) is 10.0 Å². The molecule has 0 unspecified atom stereocenters. The summed E-state index contributed by atoms with van der Waals surface area (Å²) in [5.74, 6) is 0. The quantitative estimate of drug-likeness (QED) is 0.746. The first-order valence-corrected chi connectivity index (χ1v) is 7.61. The Kier molecular flexibility index (Phi) is 5.28. The molecule has 0 aliphatic carbocycles. The molecule has 0 bridgehead atoms. The summed E-state index contributed by atoms with van der Waals surface area (Å²) in [6, 6.07) is 0. The number of hydrogen-bond acceptors (Lipinski definition) is 4. The van der Waals surface area contributed by atoms with Crippen molar-refractivity contribution in [3.63, 3.8) is 0 Å². The van der Waals surface area contributed by atoms with Crippen LogP contribution in [0.15, 0.2) is 17.6 Å². The molecule has 7 heteroatoms. The number of nitrogens with zero attached hydrogens (tertiary/aromatic N) is 3. The third kappa shape index (κ3) is 3.23. The van der Waals surface area contributed by atoms with Crippen molar-refractivity contribution in [1.29, 1.82) is 0 Å². The molecule has 108 valence electrons. The molecule has 0 saturated heterocycles. The van der Waals surface area contributed by atoms with E-state index in [4.69, 9.17) is 5.73 Å². The average molecular weight is 286 g/mol. The van der Waals surface area contributed by atoms with E-state index in [1.807, 2.05) is 0 Å². The maximum absolute atomic E-state index is 12.5. The predicted molar refractivity (Wildman–Crippen MR) is 75.4 cm³/mol. The largest absolute Gasteiger partial charge is 0.330 e. The van der Waals surface area contributed by atoms with Crippen LogP contribution in [0.1, 0.15) is 17.8 Å². The standard InChI is InChI=1S/C12H22N4O2S/c1-5-8-15(4)19(17,18)12-10(2)14-16(11(12)3)9-6-7-13/h5H,1,6-9,13H2,2-4H3. The number of aromatic nitrogens is 2. The molecule has 0 saturated carbocycles. The van der Waals surface area contributed by atoms with Crippen LogP contribution in [0.3, 0.4) is 0 Å². The second-order valence-electron chi connectivity index (χ2n) is 4.44. The van der Waals surface area contributed by atoms with Gasteiger partial charge in [-0.1, -0.05) is 6.08 Å². The Morgan fingerprint density at radius 2 is 2.11 bits per heavy atom. The number of nitrogens with two attached hydrogens (primary N) is 1. The minimum atomic E-state index is -3.52. The van der Waals surface area contributed by atoms with Crippen LogP contribution in [-0.2, 0) is 16.6 Å². The average Bonchev–Trinajstić information content (AvgIpc) is 2.62. The third-order valence-electron chi connectivity index (χ3n) is 2.94. The van der Waals surface area contributed by atoms with Gasteiger partial charge < -0.3 is 5.73 Å². The van der Waals surface area contributed by atoms with Crippen LogP contribution in [0.2, 0.25) is 0 Å². The fraction of sp³-hybridized carbons (Fsp3) is 0.583. The van der Waals surface area contributed by atoms with Gasteiger partial charge in [-0.25, -0.2) is 8.42 Å². The maximum Gasteiger partial charge on any atom is 0.246 e. The summed E-state index contributed by atoms with van der Waals surface area (Å²) in [5, 5.41) is 4.29. The van der Waals surface area contributed by atoms with Crippen LogP contribution in [-0.4, -0.2) is 42.6 Å². The van der Waals surface area contributed by atoms with E-state index in [0.717, 1.165) is 6.42 Å². The zero-order valence-electron chi connectivity index (χ0n) is 11.8. The van der Waals surface area contributed by atoms with Gasteiger partial charge in [0, 0.05) is 20.1 Å². The molecule has 1 rings (SSSR count). The number of likely N-dealkylation sites (N-methyl/N-ethyl adjacent to an activating group) is 1. The van der Waals surface area contributed by atoms with E-state index in [2.05, 4.69) is 11.7 Å². The van der Waals surface area contributed by atoms with Crippen molar-refractivity contribution in [2.75, 3.05) is 20.1 Å². The second kappa shape index (κ2) is 6.31.